The van der Waals surface area contributed by atoms with Crippen LogP contribution in [0, 0.1) is 0 Å². The van der Waals surface area contributed by atoms with Crippen LogP contribution < -0.4 is 0 Å². The van der Waals surface area contributed by atoms with Crippen molar-refractivity contribution in [3.8, 4) is 34.5 Å². The van der Waals surface area contributed by atoms with E-state index >= 15 is 0 Å². The van der Waals surface area contributed by atoms with Gasteiger partial charge in [0.1, 0.15) is 40.3 Å². The van der Waals surface area contributed by atoms with Gasteiger partial charge in [-0.15, -0.1) is 0 Å². The van der Waals surface area contributed by atoms with Crippen molar-refractivity contribution in [3.05, 3.63) is 288 Å². The molecule has 13 heteroatoms. The van der Waals surface area contributed by atoms with Gasteiger partial charge in [0.2, 0.25) is 0 Å². The van der Waals surface area contributed by atoms with Gasteiger partial charge in [0.25, 0.3) is 0 Å². The predicted molar refractivity (Wildman–Crippen MR) is 322 cm³/mol. The number of carbonyl (C=O) groups is 1. The van der Waals surface area contributed by atoms with Crippen LogP contribution >= 0.6 is 0 Å². The summed E-state index contributed by atoms with van der Waals surface area (Å²) in [5.74, 6) is 0.700. The predicted octanol–water partition coefficient (Wildman–Crippen LogP) is 14.5. The summed E-state index contributed by atoms with van der Waals surface area (Å²) in [7, 11) is 0. The van der Waals surface area contributed by atoms with Crippen LogP contribution in [0.5, 0.6) is 34.5 Å². The van der Waals surface area contributed by atoms with Gasteiger partial charge >= 0.3 is 0 Å². The van der Waals surface area contributed by atoms with E-state index in [-0.39, 0.29) is 40.3 Å². The number of carbonyl (C=O) groups excluding carboxylic acids is 1. The highest BCUT2D eigenvalue weighted by Gasteiger charge is 1.98. The van der Waals surface area contributed by atoms with E-state index < -0.39 is 0 Å². The van der Waals surface area contributed by atoms with E-state index in [4.69, 9.17) is 10.2 Å². The Bertz CT molecular complexity index is 3020. The Kier molecular flexibility index (Phi) is 25.8. The number of pyridine rings is 6. The van der Waals surface area contributed by atoms with Crippen LogP contribution in [0.25, 0.3) is 60.8 Å². The van der Waals surface area contributed by atoms with Gasteiger partial charge in [-0.05, 0) is 191 Å². The molecule has 0 amide bonds. The molecular weight excluding hydrogens is 1000 g/mol. The lowest BCUT2D eigenvalue weighted by atomic mass is 10.1. The normalized spacial score (nSPS) is 10.5. The molecule has 400 valence electrons. The molecule has 0 radical (unpaired) electrons. The molecule has 0 saturated heterocycles. The molecule has 0 aliphatic carbocycles. The minimum atomic E-state index is 0.0235. The first-order valence-electron chi connectivity index (χ1n) is 24.8. The summed E-state index contributed by atoms with van der Waals surface area (Å²) in [6.45, 7) is 3.06. The molecule has 0 spiro atoms. The quantitative estimate of drug-likeness (QED) is 0.0704. The zero-order valence-corrected chi connectivity index (χ0v) is 44.0. The van der Waals surface area contributed by atoms with E-state index in [2.05, 4.69) is 66.4 Å². The number of phenolic OH excluding ortho intramolecular Hbond substituents is 6. The van der Waals surface area contributed by atoms with E-state index in [1.807, 2.05) is 84.9 Å². The maximum Gasteiger partial charge on any atom is 0.126 e. The Balaban J connectivity index is 0.000000181. The molecule has 0 saturated carbocycles. The molecule has 6 aromatic heterocycles. The number of hydrogen-bond donors (Lipinski definition) is 6. The second-order valence-corrected chi connectivity index (χ2v) is 17.0. The molecule has 80 heavy (non-hydrogen) atoms. The Labute approximate surface area is 466 Å². The van der Waals surface area contributed by atoms with E-state index in [1.54, 1.807) is 159 Å². The number of ketones is 1. The van der Waals surface area contributed by atoms with Crippen molar-refractivity contribution in [1.29, 1.82) is 0 Å². The summed E-state index contributed by atoms with van der Waals surface area (Å²) in [4.78, 5) is 33.2. The Hall–Kier alpha value is -11.1. The van der Waals surface area contributed by atoms with Crippen molar-refractivity contribution >= 4 is 66.5 Å². The van der Waals surface area contributed by atoms with Crippen LogP contribution in [0.2, 0.25) is 0 Å². The number of Topliss-reactive ketones (excluding diaryl/α,β-unsaturated/α-hetero) is 1. The molecule has 0 fully saturated rings. The van der Waals surface area contributed by atoms with E-state index in [0.29, 0.717) is 11.1 Å². The molecule has 4 aromatic carbocycles. The molecule has 10 rings (SSSR count). The van der Waals surface area contributed by atoms with Gasteiger partial charge in [0.05, 0.1) is 0 Å². The van der Waals surface area contributed by atoms with Crippen LogP contribution in [0.3, 0.4) is 0 Å². The maximum atomic E-state index is 9.44. The molecule has 0 atom stereocenters. The third-order valence-corrected chi connectivity index (χ3v) is 10.2. The standard InChI is InChI=1S/2C14H12O3.3C12H10N2.C3H6O/c2*15-12-5-3-10(4-6-12)1-2-11-7-13(16)9-14(17)8-11;3*1(11-3-7-13-8-4-11)2-12-5-9-14-10-6-12;1-3(2)4/h2*1-9,15-17H;3*1-10H;1-2H3/b5*2-1+;. The average molecular weight is 1060 g/mol. The summed E-state index contributed by atoms with van der Waals surface area (Å²) in [6.07, 6.45) is 40.9. The van der Waals surface area contributed by atoms with Gasteiger partial charge in [-0.3, -0.25) is 29.9 Å². The van der Waals surface area contributed by atoms with Crippen molar-refractivity contribution in [3.63, 3.8) is 0 Å². The summed E-state index contributed by atoms with van der Waals surface area (Å²) in [5.41, 5.74) is 10.2. The fraction of sp³-hybridized carbons (Fsp3) is 0.0299. The molecule has 0 aliphatic rings. The number of aromatic hydroxyl groups is 6. The van der Waals surface area contributed by atoms with Crippen LogP contribution in [0.4, 0.5) is 0 Å². The van der Waals surface area contributed by atoms with Crippen molar-refractivity contribution in [2.45, 2.75) is 13.8 Å². The van der Waals surface area contributed by atoms with Gasteiger partial charge < -0.3 is 35.4 Å². The molecule has 0 aliphatic heterocycles. The lowest BCUT2D eigenvalue weighted by Crippen LogP contribution is -1.74. The summed E-state index contributed by atoms with van der Waals surface area (Å²) in [5, 5.41) is 55.5. The fourth-order valence-corrected chi connectivity index (χ4v) is 6.41. The van der Waals surface area contributed by atoms with Crippen LogP contribution in [0.1, 0.15) is 69.5 Å². The SMILES string of the molecule is C(=C\c1ccncc1)/c1ccncc1.C(=C\c1ccncc1)/c1ccncc1.C(=C\c1ccncc1)/c1ccncc1.CC(C)=O.Oc1ccc(/C=C/c2cc(O)cc(O)c2)cc1.Oc1ccc(/C=C/c2cc(O)cc(O)c2)cc1. The largest absolute Gasteiger partial charge is 0.508 e. The number of aromatic nitrogens is 6. The topological polar surface area (TPSA) is 216 Å². The van der Waals surface area contributed by atoms with Crippen LogP contribution in [0.15, 0.2) is 232 Å². The molecular formula is C67H60N6O7. The zero-order valence-electron chi connectivity index (χ0n) is 44.0. The van der Waals surface area contributed by atoms with Crippen molar-refractivity contribution in [2.24, 2.45) is 0 Å². The van der Waals surface area contributed by atoms with Crippen molar-refractivity contribution in [1.82, 2.24) is 29.9 Å². The second-order valence-electron chi connectivity index (χ2n) is 17.0. The average Bonchev–Trinajstić information content (AvgIpc) is 3.47. The molecule has 0 bridgehead atoms. The lowest BCUT2D eigenvalue weighted by Gasteiger charge is -1.98. The monoisotopic (exact) mass is 1060 g/mol. The molecule has 6 N–H and O–H groups in total. The smallest absolute Gasteiger partial charge is 0.126 e. The Morgan fingerprint density at radius 1 is 0.237 bits per heavy atom. The third-order valence-electron chi connectivity index (χ3n) is 10.2. The van der Waals surface area contributed by atoms with Crippen molar-refractivity contribution < 1.29 is 35.4 Å². The van der Waals surface area contributed by atoms with Gasteiger partial charge in [-0.1, -0.05) is 85.0 Å². The number of benzene rings is 4. The highest BCUT2D eigenvalue weighted by Crippen LogP contribution is 2.24. The van der Waals surface area contributed by atoms with Gasteiger partial charge in [0, 0.05) is 86.5 Å². The summed E-state index contributed by atoms with van der Waals surface area (Å²) >= 11 is 0. The van der Waals surface area contributed by atoms with Crippen molar-refractivity contribution in [2.75, 3.05) is 0 Å². The first-order chi connectivity index (χ1) is 38.8. The number of rotatable bonds is 10. The van der Waals surface area contributed by atoms with Crippen LogP contribution in [-0.2, 0) is 4.79 Å². The van der Waals surface area contributed by atoms with E-state index in [9.17, 15) is 25.2 Å². The summed E-state index contributed by atoms with van der Waals surface area (Å²) in [6, 6.07) is 45.9. The Morgan fingerprint density at radius 3 is 0.562 bits per heavy atom. The first-order valence-corrected chi connectivity index (χ1v) is 24.8. The lowest BCUT2D eigenvalue weighted by molar-refractivity contribution is -0.115. The first kappa shape index (κ1) is 59.8. The number of phenols is 6. The van der Waals surface area contributed by atoms with Gasteiger partial charge in [-0.25, -0.2) is 0 Å². The molecule has 0 unspecified atom stereocenters. The number of hydrogen-bond acceptors (Lipinski definition) is 13. The Morgan fingerprint density at radius 2 is 0.388 bits per heavy atom. The highest BCUT2D eigenvalue weighted by atomic mass is 16.3. The fourth-order valence-electron chi connectivity index (χ4n) is 6.41. The van der Waals surface area contributed by atoms with Gasteiger partial charge in [-0.2, -0.15) is 0 Å². The van der Waals surface area contributed by atoms with E-state index in [0.717, 1.165) is 44.5 Å². The highest BCUT2D eigenvalue weighted by molar-refractivity contribution is 5.74. The van der Waals surface area contributed by atoms with Crippen LogP contribution in [-0.4, -0.2) is 66.3 Å². The molecule has 6 heterocycles. The summed E-state index contributed by atoms with van der Waals surface area (Å²) < 4.78 is 0. The number of nitrogens with zero attached hydrogens (tertiary/aromatic N) is 6. The van der Waals surface area contributed by atoms with E-state index in [1.165, 1.54) is 26.0 Å². The minimum Gasteiger partial charge on any atom is -0.508 e. The third kappa shape index (κ3) is 25.9. The molecule has 13 nitrogen and oxygen atoms in total. The maximum absolute atomic E-state index is 9.44. The molecule has 10 aromatic rings. The second kappa shape index (κ2) is 34.5. The minimum absolute atomic E-state index is 0.0235. The van der Waals surface area contributed by atoms with Gasteiger partial charge in [0.15, 0.2) is 0 Å². The zero-order chi connectivity index (χ0) is 57.0.